The van der Waals surface area contributed by atoms with Crippen molar-refractivity contribution in [2.45, 2.75) is 18.4 Å². The van der Waals surface area contributed by atoms with Crippen molar-refractivity contribution in [1.29, 1.82) is 0 Å². The third-order valence-electron chi connectivity index (χ3n) is 4.26. The summed E-state index contributed by atoms with van der Waals surface area (Å²) >= 11 is 5.91. The molecule has 0 fully saturated rings. The van der Waals surface area contributed by atoms with E-state index in [1.807, 2.05) is 36.4 Å². The van der Waals surface area contributed by atoms with E-state index in [9.17, 15) is 5.11 Å². The second kappa shape index (κ2) is 9.78. The van der Waals surface area contributed by atoms with Gasteiger partial charge in [0.15, 0.2) is 0 Å². The Bertz CT molecular complexity index is 919. The number of halogens is 1. The van der Waals surface area contributed by atoms with Gasteiger partial charge in [0.1, 0.15) is 6.10 Å². The van der Waals surface area contributed by atoms with Crippen molar-refractivity contribution in [3.8, 4) is 11.8 Å². The predicted octanol–water partition coefficient (Wildman–Crippen LogP) is 6.26. The Morgan fingerprint density at radius 3 is 2.07 bits per heavy atom. The molecular weight excluding hydrogens is 352 g/mol. The van der Waals surface area contributed by atoms with E-state index in [1.165, 1.54) is 5.56 Å². The summed E-state index contributed by atoms with van der Waals surface area (Å²) in [5.41, 5.74) is 3.06. The van der Waals surface area contributed by atoms with E-state index in [4.69, 9.17) is 11.6 Å². The maximum Gasteiger partial charge on any atom is 0.140 e. The zero-order chi connectivity index (χ0) is 18.9. The van der Waals surface area contributed by atoms with Crippen LogP contribution in [0.5, 0.6) is 0 Å². The maximum absolute atomic E-state index is 10.4. The number of hydrogen-bond acceptors (Lipinski definition) is 1. The lowest BCUT2D eigenvalue weighted by atomic mass is 9.95. The molecule has 2 heteroatoms. The van der Waals surface area contributed by atoms with Crippen LogP contribution in [0.15, 0.2) is 91.0 Å². The lowest BCUT2D eigenvalue weighted by Gasteiger charge is -2.09. The average molecular weight is 373 g/mol. The van der Waals surface area contributed by atoms with Crippen LogP contribution >= 0.6 is 11.6 Å². The lowest BCUT2D eigenvalue weighted by molar-refractivity contribution is 0.238. The van der Waals surface area contributed by atoms with E-state index in [-0.39, 0.29) is 5.92 Å². The van der Waals surface area contributed by atoms with Crippen LogP contribution in [0.3, 0.4) is 0 Å². The Kier molecular flexibility index (Phi) is 6.88. The zero-order valence-electron chi connectivity index (χ0n) is 14.9. The van der Waals surface area contributed by atoms with Crippen LogP contribution in [0, 0.1) is 11.8 Å². The van der Waals surface area contributed by atoms with Crippen LogP contribution in [-0.2, 0) is 0 Å². The van der Waals surface area contributed by atoms with Crippen LogP contribution in [-0.4, -0.2) is 5.11 Å². The Morgan fingerprint density at radius 1 is 0.778 bits per heavy atom. The van der Waals surface area contributed by atoms with Crippen molar-refractivity contribution < 1.29 is 5.11 Å². The second-order valence-electron chi connectivity index (χ2n) is 6.25. The topological polar surface area (TPSA) is 20.2 Å². The van der Waals surface area contributed by atoms with E-state index in [2.05, 4.69) is 48.3 Å². The molecule has 0 aliphatic heterocycles. The fourth-order valence-corrected chi connectivity index (χ4v) is 2.90. The fourth-order valence-electron chi connectivity index (χ4n) is 2.78. The smallest absolute Gasteiger partial charge is 0.140 e. The molecule has 27 heavy (non-hydrogen) atoms. The van der Waals surface area contributed by atoms with E-state index < -0.39 is 6.10 Å². The molecule has 3 rings (SSSR count). The molecule has 0 aliphatic carbocycles. The predicted molar refractivity (Wildman–Crippen MR) is 113 cm³/mol. The Hall–Kier alpha value is -2.79. The first-order valence-electron chi connectivity index (χ1n) is 8.93. The largest absolute Gasteiger partial charge is 0.376 e. The first-order chi connectivity index (χ1) is 13.2. The van der Waals surface area contributed by atoms with E-state index in [0.29, 0.717) is 5.02 Å². The summed E-state index contributed by atoms with van der Waals surface area (Å²) in [5, 5.41) is 11.0. The van der Waals surface area contributed by atoms with Crippen molar-refractivity contribution in [2.24, 2.45) is 0 Å². The van der Waals surface area contributed by atoms with Crippen LogP contribution in [0.2, 0.25) is 5.02 Å². The summed E-state index contributed by atoms with van der Waals surface area (Å²) in [6, 6.07) is 27.5. The van der Waals surface area contributed by atoms with Gasteiger partial charge in [-0.3, -0.25) is 0 Å². The van der Waals surface area contributed by atoms with Crippen molar-refractivity contribution in [3.05, 3.63) is 113 Å². The quantitative estimate of drug-likeness (QED) is 0.524. The van der Waals surface area contributed by atoms with Crippen LogP contribution in [0.4, 0.5) is 0 Å². The number of aliphatic hydroxyl groups is 1. The van der Waals surface area contributed by atoms with E-state index in [0.717, 1.165) is 17.5 Å². The minimum Gasteiger partial charge on any atom is -0.376 e. The number of allylic oxidation sites excluding steroid dienone is 1. The minimum atomic E-state index is -0.827. The van der Waals surface area contributed by atoms with Gasteiger partial charge in [-0.15, -0.1) is 0 Å². The third kappa shape index (κ3) is 5.86. The standard InChI is InChI=1S/C25H21ClO/c26-24-17-14-23(15-18-24)25(27)19-16-22(21-11-5-2-6-12-21)13-7-10-20-8-3-1-4-9-20/h1-12,14-15,17-18,22,25,27H,13H2/b10-7+. The summed E-state index contributed by atoms with van der Waals surface area (Å²) in [4.78, 5) is 0. The van der Waals surface area contributed by atoms with Gasteiger partial charge in [-0.05, 0) is 35.2 Å². The molecule has 0 spiro atoms. The van der Waals surface area contributed by atoms with Crippen LogP contribution in [0.25, 0.3) is 6.08 Å². The van der Waals surface area contributed by atoms with Gasteiger partial charge in [-0.25, -0.2) is 0 Å². The highest BCUT2D eigenvalue weighted by Gasteiger charge is 2.08. The first-order valence-corrected chi connectivity index (χ1v) is 9.31. The van der Waals surface area contributed by atoms with Crippen molar-refractivity contribution in [1.82, 2.24) is 0 Å². The summed E-state index contributed by atoms with van der Waals surface area (Å²) in [6.07, 6.45) is 4.19. The van der Waals surface area contributed by atoms with E-state index >= 15 is 0 Å². The van der Waals surface area contributed by atoms with Crippen molar-refractivity contribution >= 4 is 17.7 Å². The van der Waals surface area contributed by atoms with Gasteiger partial charge in [0.05, 0.1) is 0 Å². The molecule has 0 radical (unpaired) electrons. The molecule has 0 heterocycles. The summed E-state index contributed by atoms with van der Waals surface area (Å²) < 4.78 is 0. The second-order valence-corrected chi connectivity index (χ2v) is 6.69. The molecule has 0 bridgehead atoms. The van der Waals surface area contributed by atoms with Crippen LogP contribution < -0.4 is 0 Å². The van der Waals surface area contributed by atoms with Gasteiger partial charge >= 0.3 is 0 Å². The van der Waals surface area contributed by atoms with Gasteiger partial charge in [0.25, 0.3) is 0 Å². The highest BCUT2D eigenvalue weighted by atomic mass is 35.5. The zero-order valence-corrected chi connectivity index (χ0v) is 15.7. The number of rotatable bonds is 5. The molecule has 0 aliphatic rings. The van der Waals surface area contributed by atoms with Gasteiger partial charge in [-0.1, -0.05) is 108 Å². The number of aliphatic hydroxyl groups excluding tert-OH is 1. The Balaban J connectivity index is 1.77. The summed E-state index contributed by atoms with van der Waals surface area (Å²) in [5.74, 6) is 6.27. The first kappa shape index (κ1) is 19.0. The van der Waals surface area contributed by atoms with Crippen molar-refractivity contribution in [2.75, 3.05) is 0 Å². The average Bonchev–Trinajstić information content (AvgIpc) is 2.72. The van der Waals surface area contributed by atoms with Crippen LogP contribution in [0.1, 0.15) is 35.1 Å². The monoisotopic (exact) mass is 372 g/mol. The molecule has 1 N–H and O–H groups in total. The number of hydrogen-bond donors (Lipinski definition) is 1. The Labute approximate surface area is 166 Å². The van der Waals surface area contributed by atoms with Crippen molar-refractivity contribution in [3.63, 3.8) is 0 Å². The SMILES string of the molecule is OC(C#CC(C/C=C/c1ccccc1)c1ccccc1)c1ccc(Cl)cc1. The van der Waals surface area contributed by atoms with Gasteiger partial charge in [0, 0.05) is 10.9 Å². The van der Waals surface area contributed by atoms with Gasteiger partial charge in [0.2, 0.25) is 0 Å². The van der Waals surface area contributed by atoms with Gasteiger partial charge in [-0.2, -0.15) is 0 Å². The minimum absolute atomic E-state index is 0.0214. The molecule has 3 aromatic carbocycles. The molecule has 2 atom stereocenters. The molecule has 0 amide bonds. The maximum atomic E-state index is 10.4. The Morgan fingerprint density at radius 2 is 1.41 bits per heavy atom. The molecule has 0 aromatic heterocycles. The molecule has 2 unspecified atom stereocenters. The normalized spacial score (nSPS) is 13.0. The molecule has 0 saturated heterocycles. The number of benzene rings is 3. The molecule has 3 aromatic rings. The molecular formula is C25H21ClO. The summed E-state index contributed by atoms with van der Waals surface area (Å²) in [7, 11) is 0. The molecule has 1 nitrogen and oxygen atoms in total. The highest BCUT2D eigenvalue weighted by molar-refractivity contribution is 6.30. The molecule has 134 valence electrons. The fraction of sp³-hybridized carbons (Fsp3) is 0.120. The van der Waals surface area contributed by atoms with E-state index in [1.54, 1.807) is 24.3 Å². The van der Waals surface area contributed by atoms with Gasteiger partial charge < -0.3 is 5.11 Å². The summed E-state index contributed by atoms with van der Waals surface area (Å²) in [6.45, 7) is 0. The highest BCUT2D eigenvalue weighted by Crippen LogP contribution is 2.21. The third-order valence-corrected chi connectivity index (χ3v) is 4.52. The lowest BCUT2D eigenvalue weighted by Crippen LogP contribution is -1.97. The molecule has 0 saturated carbocycles.